The average molecular weight is 395 g/mol. The minimum Gasteiger partial charge on any atom is -0.485 e. The van der Waals surface area contributed by atoms with Crippen LogP contribution in [-0.4, -0.2) is 23.2 Å². The highest BCUT2D eigenvalue weighted by molar-refractivity contribution is 7.16. The molecule has 1 aliphatic rings. The van der Waals surface area contributed by atoms with Gasteiger partial charge in [0.15, 0.2) is 16.3 Å². The number of aromatic nitrogens is 1. The van der Waals surface area contributed by atoms with Gasteiger partial charge in [-0.15, -0.1) is 0 Å². The van der Waals surface area contributed by atoms with Crippen molar-refractivity contribution in [2.45, 2.75) is 6.10 Å². The molecule has 1 aliphatic heterocycles. The van der Waals surface area contributed by atoms with Crippen molar-refractivity contribution in [3.63, 3.8) is 0 Å². The van der Waals surface area contributed by atoms with Gasteiger partial charge < -0.3 is 14.0 Å². The van der Waals surface area contributed by atoms with Crippen LogP contribution >= 0.6 is 34.5 Å². The minimum absolute atomic E-state index is 0.126. The van der Waals surface area contributed by atoms with Gasteiger partial charge in [-0.2, -0.15) is 4.99 Å². The predicted molar refractivity (Wildman–Crippen MR) is 97.7 cm³/mol. The zero-order valence-corrected chi connectivity index (χ0v) is 15.4. The van der Waals surface area contributed by atoms with E-state index in [1.54, 1.807) is 35.9 Å². The van der Waals surface area contributed by atoms with E-state index in [0.29, 0.717) is 26.3 Å². The summed E-state index contributed by atoms with van der Waals surface area (Å²) in [7, 11) is 1.80. The summed E-state index contributed by atoms with van der Waals surface area (Å²) in [5.41, 5.74) is 0.786. The van der Waals surface area contributed by atoms with E-state index in [1.165, 1.54) is 11.3 Å². The summed E-state index contributed by atoms with van der Waals surface area (Å²) in [5, 5.41) is 1.05. The molecule has 0 spiro atoms. The number of hydrogen-bond donors (Lipinski definition) is 0. The molecule has 0 saturated carbocycles. The van der Waals surface area contributed by atoms with Gasteiger partial charge in [-0.1, -0.05) is 46.7 Å². The van der Waals surface area contributed by atoms with Crippen molar-refractivity contribution in [2.75, 3.05) is 6.61 Å². The van der Waals surface area contributed by atoms with Gasteiger partial charge in [-0.3, -0.25) is 4.79 Å². The van der Waals surface area contributed by atoms with Crippen LogP contribution in [0.15, 0.2) is 41.4 Å². The van der Waals surface area contributed by atoms with Gasteiger partial charge in [0.2, 0.25) is 6.10 Å². The van der Waals surface area contributed by atoms with Gasteiger partial charge >= 0.3 is 0 Å². The fourth-order valence-corrected chi connectivity index (χ4v) is 4.44. The number of rotatable bonds is 1. The maximum atomic E-state index is 12.5. The van der Waals surface area contributed by atoms with Gasteiger partial charge in [0.1, 0.15) is 6.61 Å². The van der Waals surface area contributed by atoms with E-state index < -0.39 is 12.0 Å². The predicted octanol–water partition coefficient (Wildman–Crippen LogP) is 3.81. The quantitative estimate of drug-likeness (QED) is 0.630. The topological polar surface area (TPSA) is 52.8 Å². The molecule has 0 bridgehead atoms. The van der Waals surface area contributed by atoms with Crippen LogP contribution in [0.4, 0.5) is 0 Å². The van der Waals surface area contributed by atoms with Gasteiger partial charge in [0.25, 0.3) is 5.91 Å². The van der Waals surface area contributed by atoms with Crippen molar-refractivity contribution in [1.82, 2.24) is 4.57 Å². The maximum absolute atomic E-state index is 12.5. The molecule has 0 N–H and O–H groups in total. The Balaban J connectivity index is 1.70. The number of amides is 1. The summed E-state index contributed by atoms with van der Waals surface area (Å²) in [6.07, 6.45) is -0.779. The first-order valence-corrected chi connectivity index (χ1v) is 9.02. The number of fused-ring (bicyclic) bond motifs is 2. The van der Waals surface area contributed by atoms with Crippen molar-refractivity contribution in [3.05, 3.63) is 51.2 Å². The number of carbonyl (C=O) groups excluding carboxylic acids is 1. The monoisotopic (exact) mass is 394 g/mol. The Morgan fingerprint density at radius 1 is 1.28 bits per heavy atom. The standard InChI is InChI=1S/C17H12Cl2N2O3S/c1-21-15-10(19)6-9(18)7-14(15)25-17(21)20-16(22)13-8-23-11-4-2-3-5-12(11)24-13/h2-7,13H,8H2,1H3. The van der Waals surface area contributed by atoms with Crippen LogP contribution < -0.4 is 14.3 Å². The molecule has 1 unspecified atom stereocenters. The molecule has 2 aromatic carbocycles. The molecule has 5 nitrogen and oxygen atoms in total. The second kappa shape index (κ2) is 6.37. The van der Waals surface area contributed by atoms with E-state index in [1.807, 2.05) is 12.1 Å². The second-order valence-electron chi connectivity index (χ2n) is 5.49. The number of carbonyl (C=O) groups is 1. The minimum atomic E-state index is -0.779. The molecule has 1 amide bonds. The Morgan fingerprint density at radius 2 is 2.04 bits per heavy atom. The Hall–Kier alpha value is -2.02. The largest absolute Gasteiger partial charge is 0.485 e. The fourth-order valence-electron chi connectivity index (χ4n) is 2.61. The first-order chi connectivity index (χ1) is 12.0. The molecule has 0 aliphatic carbocycles. The molecule has 128 valence electrons. The van der Waals surface area contributed by atoms with Crippen molar-refractivity contribution in [3.8, 4) is 11.5 Å². The molecule has 1 aromatic heterocycles. The van der Waals surface area contributed by atoms with Crippen LogP contribution in [0.25, 0.3) is 10.2 Å². The van der Waals surface area contributed by atoms with Gasteiger partial charge in [-0.25, -0.2) is 0 Å². The molecular weight excluding hydrogens is 383 g/mol. The Labute approximate surface area is 157 Å². The molecule has 0 radical (unpaired) electrons. The van der Waals surface area contributed by atoms with Crippen LogP contribution in [0.2, 0.25) is 10.0 Å². The zero-order valence-electron chi connectivity index (χ0n) is 13.0. The SMILES string of the molecule is Cn1c(=NC(=O)C2COc3ccccc3O2)sc2cc(Cl)cc(Cl)c21. The van der Waals surface area contributed by atoms with Gasteiger partial charge in [0.05, 0.1) is 15.2 Å². The zero-order chi connectivity index (χ0) is 17.6. The number of thiazole rings is 1. The first-order valence-electron chi connectivity index (χ1n) is 7.44. The smallest absolute Gasteiger partial charge is 0.292 e. The van der Waals surface area contributed by atoms with E-state index in [9.17, 15) is 4.79 Å². The number of hydrogen-bond acceptors (Lipinski definition) is 4. The molecule has 0 fully saturated rings. The third-order valence-corrected chi connectivity index (χ3v) is 5.39. The third kappa shape index (κ3) is 3.01. The van der Waals surface area contributed by atoms with Crippen molar-refractivity contribution in [1.29, 1.82) is 0 Å². The lowest BCUT2D eigenvalue weighted by atomic mass is 10.2. The van der Waals surface area contributed by atoms with Gasteiger partial charge in [-0.05, 0) is 24.3 Å². The molecule has 2 heterocycles. The Kier molecular flexibility index (Phi) is 4.19. The van der Waals surface area contributed by atoms with Crippen LogP contribution in [0.5, 0.6) is 11.5 Å². The van der Waals surface area contributed by atoms with Crippen LogP contribution in [0.1, 0.15) is 0 Å². The third-order valence-electron chi connectivity index (χ3n) is 3.81. The molecule has 1 atom stereocenters. The highest BCUT2D eigenvalue weighted by Crippen LogP contribution is 2.31. The number of halogens is 2. The lowest BCUT2D eigenvalue weighted by Crippen LogP contribution is -2.36. The summed E-state index contributed by atoms with van der Waals surface area (Å²) in [6, 6.07) is 10.7. The van der Waals surface area contributed by atoms with Crippen LogP contribution in [-0.2, 0) is 11.8 Å². The summed E-state index contributed by atoms with van der Waals surface area (Å²) in [4.78, 5) is 17.2. The van der Waals surface area contributed by atoms with E-state index >= 15 is 0 Å². The van der Waals surface area contributed by atoms with E-state index in [-0.39, 0.29) is 6.61 Å². The van der Waals surface area contributed by atoms with Gasteiger partial charge in [0, 0.05) is 12.1 Å². The molecule has 8 heteroatoms. The van der Waals surface area contributed by atoms with Crippen LogP contribution in [0.3, 0.4) is 0 Å². The number of aryl methyl sites for hydroxylation is 1. The Bertz CT molecular complexity index is 1060. The molecule has 0 saturated heterocycles. The first kappa shape index (κ1) is 16.4. The van der Waals surface area contributed by atoms with E-state index in [4.69, 9.17) is 32.7 Å². The molecule has 3 aromatic rings. The Morgan fingerprint density at radius 3 is 2.84 bits per heavy atom. The number of para-hydroxylation sites is 2. The summed E-state index contributed by atoms with van der Waals surface area (Å²) in [5.74, 6) is 0.761. The van der Waals surface area contributed by atoms with E-state index in [0.717, 1.165) is 10.2 Å². The lowest BCUT2D eigenvalue weighted by molar-refractivity contribution is -0.127. The number of ether oxygens (including phenoxy) is 2. The fraction of sp³-hybridized carbons (Fsp3) is 0.176. The highest BCUT2D eigenvalue weighted by atomic mass is 35.5. The summed E-state index contributed by atoms with van der Waals surface area (Å²) >= 11 is 13.6. The lowest BCUT2D eigenvalue weighted by Gasteiger charge is -2.23. The summed E-state index contributed by atoms with van der Waals surface area (Å²) in [6.45, 7) is 0.126. The number of benzene rings is 2. The van der Waals surface area contributed by atoms with E-state index in [2.05, 4.69) is 4.99 Å². The summed E-state index contributed by atoms with van der Waals surface area (Å²) < 4.78 is 13.9. The second-order valence-corrected chi connectivity index (χ2v) is 7.35. The number of nitrogens with zero attached hydrogens (tertiary/aromatic N) is 2. The van der Waals surface area contributed by atoms with Crippen molar-refractivity contribution in [2.24, 2.45) is 12.0 Å². The van der Waals surface area contributed by atoms with Crippen LogP contribution in [0, 0.1) is 0 Å². The normalized spacial score (nSPS) is 17.1. The average Bonchev–Trinajstić information content (AvgIpc) is 2.90. The maximum Gasteiger partial charge on any atom is 0.292 e. The van der Waals surface area contributed by atoms with Crippen molar-refractivity contribution < 1.29 is 14.3 Å². The van der Waals surface area contributed by atoms with Crippen molar-refractivity contribution >= 4 is 50.7 Å². The molecule has 4 rings (SSSR count). The highest BCUT2D eigenvalue weighted by Gasteiger charge is 2.27. The molecule has 25 heavy (non-hydrogen) atoms. The molecular formula is C17H12Cl2N2O3S.